The van der Waals surface area contributed by atoms with Gasteiger partial charge in [-0.1, -0.05) is 18.2 Å². The third-order valence-electron chi connectivity index (χ3n) is 4.94. The van der Waals surface area contributed by atoms with Crippen molar-refractivity contribution in [1.29, 1.82) is 0 Å². The van der Waals surface area contributed by atoms with Gasteiger partial charge in [0.1, 0.15) is 17.4 Å². The molecule has 0 radical (unpaired) electrons. The summed E-state index contributed by atoms with van der Waals surface area (Å²) in [4.78, 5) is 0. The molecule has 0 aromatic heterocycles. The summed E-state index contributed by atoms with van der Waals surface area (Å²) < 4.78 is 53.1. The van der Waals surface area contributed by atoms with Crippen LogP contribution in [0.1, 0.15) is 33.3 Å². The van der Waals surface area contributed by atoms with Crippen molar-refractivity contribution in [1.82, 2.24) is 0 Å². The Balaban J connectivity index is 1.98. The van der Waals surface area contributed by atoms with Crippen LogP contribution in [-0.2, 0) is 9.31 Å². The van der Waals surface area contributed by atoms with Gasteiger partial charge in [-0.05, 0) is 74.7 Å². The van der Waals surface area contributed by atoms with Gasteiger partial charge < -0.3 is 9.31 Å². The molecule has 1 saturated heterocycles. The minimum absolute atomic E-state index is 0.323. The van der Waals surface area contributed by atoms with Crippen LogP contribution in [0.15, 0.2) is 48.2 Å². The van der Waals surface area contributed by atoms with E-state index < -0.39 is 29.9 Å². The van der Waals surface area contributed by atoms with Gasteiger partial charge in [0, 0.05) is 0 Å². The average molecular weight is 360 g/mol. The quantitative estimate of drug-likeness (QED) is 0.666. The molecule has 0 saturated carbocycles. The van der Waals surface area contributed by atoms with E-state index in [1.54, 1.807) is 12.1 Å². The molecule has 0 aliphatic carbocycles. The fraction of sp³-hybridized carbons (Fsp3) is 0.300. The minimum atomic E-state index is -1.16. The average Bonchev–Trinajstić information content (AvgIpc) is 2.77. The summed E-state index contributed by atoms with van der Waals surface area (Å²) in [5.41, 5.74) is -0.450. The van der Waals surface area contributed by atoms with Crippen molar-refractivity contribution in [2.75, 3.05) is 0 Å². The van der Waals surface area contributed by atoms with Crippen molar-refractivity contribution >= 4 is 13.2 Å². The number of rotatable bonds is 3. The minimum Gasteiger partial charge on any atom is -0.398 e. The van der Waals surface area contributed by atoms with E-state index in [0.29, 0.717) is 16.7 Å². The molecule has 0 unspecified atom stereocenters. The van der Waals surface area contributed by atoms with Crippen LogP contribution in [0, 0.1) is 11.6 Å². The largest absolute Gasteiger partial charge is 0.525 e. The van der Waals surface area contributed by atoms with Gasteiger partial charge in [0.15, 0.2) is 0 Å². The Morgan fingerprint density at radius 1 is 0.885 bits per heavy atom. The van der Waals surface area contributed by atoms with Crippen molar-refractivity contribution in [3.8, 4) is 11.1 Å². The molecule has 6 heteroatoms. The van der Waals surface area contributed by atoms with Crippen LogP contribution in [0.5, 0.6) is 0 Å². The normalized spacial score (nSPS) is 19.0. The van der Waals surface area contributed by atoms with Gasteiger partial charge in [0.2, 0.25) is 0 Å². The fourth-order valence-electron chi connectivity index (χ4n) is 2.72. The second kappa shape index (κ2) is 6.60. The van der Waals surface area contributed by atoms with E-state index in [9.17, 15) is 13.2 Å². The first kappa shape index (κ1) is 18.7. The molecular weight excluding hydrogens is 340 g/mol. The molecule has 1 heterocycles. The second-order valence-corrected chi connectivity index (χ2v) is 7.36. The van der Waals surface area contributed by atoms with E-state index >= 15 is 0 Å². The maximum atomic E-state index is 14.8. The smallest absolute Gasteiger partial charge is 0.398 e. The maximum Gasteiger partial charge on any atom is 0.525 e. The van der Waals surface area contributed by atoms with Gasteiger partial charge in [0.25, 0.3) is 0 Å². The second-order valence-electron chi connectivity index (χ2n) is 7.36. The zero-order chi connectivity index (χ0) is 19.1. The SMILES string of the molecule is CC1(C)OB(C(F)=Cc2cc(F)ccc2-c2ccc(F)cc2)OC1(C)C. The summed E-state index contributed by atoms with van der Waals surface area (Å²) in [5, 5.41) is 0. The highest BCUT2D eigenvalue weighted by atomic mass is 19.1. The highest BCUT2D eigenvalue weighted by Crippen LogP contribution is 2.39. The van der Waals surface area contributed by atoms with Crippen molar-refractivity contribution in [3.63, 3.8) is 0 Å². The third-order valence-corrected chi connectivity index (χ3v) is 4.94. The number of benzene rings is 2. The highest BCUT2D eigenvalue weighted by molar-refractivity contribution is 6.54. The van der Waals surface area contributed by atoms with Crippen molar-refractivity contribution in [2.24, 2.45) is 0 Å². The molecule has 1 fully saturated rings. The molecule has 26 heavy (non-hydrogen) atoms. The van der Waals surface area contributed by atoms with Gasteiger partial charge in [0.05, 0.1) is 11.2 Å². The summed E-state index contributed by atoms with van der Waals surface area (Å²) in [7, 11) is -1.16. The molecule has 136 valence electrons. The molecule has 2 nitrogen and oxygen atoms in total. The topological polar surface area (TPSA) is 18.5 Å². The van der Waals surface area contributed by atoms with Gasteiger partial charge >= 0.3 is 7.12 Å². The van der Waals surface area contributed by atoms with Crippen molar-refractivity contribution in [3.05, 3.63) is 65.4 Å². The first-order valence-electron chi connectivity index (χ1n) is 8.37. The van der Waals surface area contributed by atoms with Crippen LogP contribution in [0.3, 0.4) is 0 Å². The van der Waals surface area contributed by atoms with Gasteiger partial charge in [-0.15, -0.1) is 0 Å². The molecule has 3 rings (SSSR count). The Morgan fingerprint density at radius 3 is 2.00 bits per heavy atom. The number of hydrogen-bond donors (Lipinski definition) is 0. The molecule has 2 aromatic rings. The predicted octanol–water partition coefficient (Wildman–Crippen LogP) is 5.57. The van der Waals surface area contributed by atoms with E-state index in [4.69, 9.17) is 9.31 Å². The fourth-order valence-corrected chi connectivity index (χ4v) is 2.72. The van der Waals surface area contributed by atoms with Crippen LogP contribution < -0.4 is 0 Å². The van der Waals surface area contributed by atoms with Gasteiger partial charge in [-0.25, -0.2) is 13.2 Å². The first-order chi connectivity index (χ1) is 12.1. The molecule has 0 atom stereocenters. The zero-order valence-electron chi connectivity index (χ0n) is 15.1. The van der Waals surface area contributed by atoms with Crippen LogP contribution in [0.2, 0.25) is 0 Å². The Bertz CT molecular complexity index is 829. The zero-order valence-corrected chi connectivity index (χ0v) is 15.1. The molecule has 0 spiro atoms. The van der Waals surface area contributed by atoms with Crippen molar-refractivity contribution in [2.45, 2.75) is 38.9 Å². The summed E-state index contributed by atoms with van der Waals surface area (Å²) in [5.74, 6) is -0.875. The van der Waals surface area contributed by atoms with Crippen LogP contribution in [-0.4, -0.2) is 18.3 Å². The van der Waals surface area contributed by atoms with Gasteiger partial charge in [-0.3, -0.25) is 0 Å². The van der Waals surface area contributed by atoms with E-state index in [1.807, 2.05) is 27.7 Å². The summed E-state index contributed by atoms with van der Waals surface area (Å²) in [6.45, 7) is 7.30. The van der Waals surface area contributed by atoms with E-state index in [1.165, 1.54) is 36.4 Å². The Labute approximate surface area is 151 Å². The highest BCUT2D eigenvalue weighted by Gasteiger charge is 2.53. The number of hydrogen-bond acceptors (Lipinski definition) is 2. The summed E-state index contributed by atoms with van der Waals surface area (Å²) in [6, 6.07) is 9.77. The Kier molecular flexibility index (Phi) is 4.75. The maximum absolute atomic E-state index is 14.8. The van der Waals surface area contributed by atoms with Gasteiger partial charge in [-0.2, -0.15) is 0 Å². The van der Waals surface area contributed by atoms with Crippen LogP contribution in [0.25, 0.3) is 17.2 Å². The molecular formula is C20H20BF3O2. The molecule has 0 bridgehead atoms. The molecule has 1 aliphatic heterocycles. The summed E-state index contributed by atoms with van der Waals surface area (Å²) >= 11 is 0. The van der Waals surface area contributed by atoms with E-state index in [2.05, 4.69) is 0 Å². The first-order valence-corrected chi connectivity index (χ1v) is 8.37. The van der Waals surface area contributed by atoms with Crippen LogP contribution in [0.4, 0.5) is 13.2 Å². The lowest BCUT2D eigenvalue weighted by atomic mass is 9.85. The Hall–Kier alpha value is -2.05. The standard InChI is InChI=1S/C20H20BF3O2/c1-19(2)20(3,4)26-21(25-19)18(24)12-14-11-16(23)9-10-17(14)13-5-7-15(22)8-6-13/h5-12H,1-4H3. The lowest BCUT2D eigenvalue weighted by Crippen LogP contribution is -2.41. The third kappa shape index (κ3) is 3.57. The lowest BCUT2D eigenvalue weighted by Gasteiger charge is -2.32. The van der Waals surface area contributed by atoms with E-state index in [-0.39, 0.29) is 5.82 Å². The molecule has 2 aromatic carbocycles. The van der Waals surface area contributed by atoms with Crippen molar-refractivity contribution < 1.29 is 22.5 Å². The lowest BCUT2D eigenvalue weighted by molar-refractivity contribution is 0.00578. The molecule has 1 aliphatic rings. The summed E-state index contributed by atoms with van der Waals surface area (Å²) in [6.07, 6.45) is 1.20. The van der Waals surface area contributed by atoms with Crippen LogP contribution >= 0.6 is 0 Å². The number of halogens is 3. The molecule has 0 N–H and O–H groups in total. The Morgan fingerprint density at radius 2 is 1.42 bits per heavy atom. The van der Waals surface area contributed by atoms with E-state index in [0.717, 1.165) is 0 Å². The molecule has 0 amide bonds. The monoisotopic (exact) mass is 360 g/mol. The predicted molar refractivity (Wildman–Crippen MR) is 97.0 cm³/mol.